The normalized spacial score (nSPS) is 22.3. The van der Waals surface area contributed by atoms with E-state index < -0.39 is 4.92 Å². The summed E-state index contributed by atoms with van der Waals surface area (Å²) in [5.74, 6) is 0.257. The molecule has 0 bridgehead atoms. The van der Waals surface area contributed by atoms with Gasteiger partial charge in [-0.25, -0.2) is 0 Å². The Morgan fingerprint density at radius 2 is 2.20 bits per heavy atom. The van der Waals surface area contributed by atoms with Gasteiger partial charge in [-0.1, -0.05) is 37.4 Å². The second-order valence-electron chi connectivity index (χ2n) is 5.34. The van der Waals surface area contributed by atoms with E-state index in [0.29, 0.717) is 5.92 Å². The van der Waals surface area contributed by atoms with Gasteiger partial charge in [0.05, 0.1) is 10.5 Å². The number of rotatable bonds is 3. The molecule has 0 aromatic heterocycles. The Morgan fingerprint density at radius 3 is 2.85 bits per heavy atom. The Morgan fingerprint density at radius 1 is 1.45 bits per heavy atom. The Balaban J connectivity index is 2.13. The highest BCUT2D eigenvalue weighted by Crippen LogP contribution is 2.28. The molecule has 1 aromatic rings. The van der Waals surface area contributed by atoms with Gasteiger partial charge in [0.2, 0.25) is 0 Å². The topological polar surface area (TPSA) is 72.2 Å². The van der Waals surface area contributed by atoms with E-state index in [1.807, 2.05) is 0 Å². The maximum absolute atomic E-state index is 12.2. The first kappa shape index (κ1) is 14.8. The molecular formula is C14H17ClN2O3. The van der Waals surface area contributed by atoms with Gasteiger partial charge >= 0.3 is 0 Å². The average molecular weight is 297 g/mol. The summed E-state index contributed by atoms with van der Waals surface area (Å²) in [6, 6.07) is 4.41. The predicted octanol–water partition coefficient (Wildman–Crippen LogP) is 3.56. The van der Waals surface area contributed by atoms with Gasteiger partial charge in [0.15, 0.2) is 0 Å². The molecule has 0 radical (unpaired) electrons. The maximum Gasteiger partial charge on any atom is 0.288 e. The van der Waals surface area contributed by atoms with E-state index in [2.05, 4.69) is 12.2 Å². The zero-order valence-corrected chi connectivity index (χ0v) is 12.0. The number of hydrogen-bond acceptors (Lipinski definition) is 3. The van der Waals surface area contributed by atoms with Crippen molar-refractivity contribution in [3.05, 3.63) is 38.9 Å². The summed E-state index contributed by atoms with van der Waals surface area (Å²) in [6.07, 6.45) is 4.17. The maximum atomic E-state index is 12.2. The minimum absolute atomic E-state index is 0.0983. The SMILES string of the molecule is CC1CCCC(NC(=O)c2cccc([N+](=O)[O-])c2Cl)C1. The van der Waals surface area contributed by atoms with E-state index in [9.17, 15) is 14.9 Å². The summed E-state index contributed by atoms with van der Waals surface area (Å²) in [5.41, 5.74) is -0.0737. The smallest absolute Gasteiger partial charge is 0.288 e. The highest BCUT2D eigenvalue weighted by atomic mass is 35.5. The third kappa shape index (κ3) is 3.28. The largest absolute Gasteiger partial charge is 0.349 e. The van der Waals surface area contributed by atoms with Crippen molar-refractivity contribution in [3.8, 4) is 0 Å². The summed E-state index contributed by atoms with van der Waals surface area (Å²) >= 11 is 5.94. The monoisotopic (exact) mass is 296 g/mol. The van der Waals surface area contributed by atoms with E-state index in [1.165, 1.54) is 24.6 Å². The van der Waals surface area contributed by atoms with Crippen LogP contribution in [-0.2, 0) is 0 Å². The van der Waals surface area contributed by atoms with E-state index in [4.69, 9.17) is 11.6 Å². The van der Waals surface area contributed by atoms with E-state index >= 15 is 0 Å². The fraction of sp³-hybridized carbons (Fsp3) is 0.500. The lowest BCUT2D eigenvalue weighted by atomic mass is 9.87. The van der Waals surface area contributed by atoms with Gasteiger partial charge in [0.1, 0.15) is 5.02 Å². The van der Waals surface area contributed by atoms with Crippen LogP contribution >= 0.6 is 11.6 Å². The lowest BCUT2D eigenvalue weighted by Gasteiger charge is -2.27. The van der Waals surface area contributed by atoms with Crippen LogP contribution in [-0.4, -0.2) is 16.9 Å². The number of nitrogens with one attached hydrogen (secondary N) is 1. The molecule has 2 atom stereocenters. The minimum Gasteiger partial charge on any atom is -0.349 e. The molecule has 1 N–H and O–H groups in total. The summed E-state index contributed by atoms with van der Waals surface area (Å²) in [4.78, 5) is 22.4. The van der Waals surface area contributed by atoms with Crippen molar-refractivity contribution in [2.45, 2.75) is 38.6 Å². The predicted molar refractivity (Wildman–Crippen MR) is 77.0 cm³/mol. The van der Waals surface area contributed by atoms with Crippen molar-refractivity contribution in [3.63, 3.8) is 0 Å². The Hall–Kier alpha value is -1.62. The standard InChI is InChI=1S/C14H17ClN2O3/c1-9-4-2-5-10(8-9)16-14(18)11-6-3-7-12(13(11)15)17(19)20/h3,6-7,9-10H,2,4-5,8H2,1H3,(H,16,18). The van der Waals surface area contributed by atoms with Gasteiger partial charge in [-0.2, -0.15) is 0 Å². The second-order valence-corrected chi connectivity index (χ2v) is 5.72. The highest BCUT2D eigenvalue weighted by Gasteiger charge is 2.24. The van der Waals surface area contributed by atoms with E-state index in [-0.39, 0.29) is 28.2 Å². The molecular weight excluding hydrogens is 280 g/mol. The molecule has 20 heavy (non-hydrogen) atoms. The van der Waals surface area contributed by atoms with Crippen molar-refractivity contribution >= 4 is 23.2 Å². The molecule has 1 aliphatic rings. The van der Waals surface area contributed by atoms with Crippen LogP contribution < -0.4 is 5.32 Å². The molecule has 0 aliphatic heterocycles. The van der Waals surface area contributed by atoms with Crippen LogP contribution in [0.1, 0.15) is 43.0 Å². The number of hydrogen-bond donors (Lipinski definition) is 1. The summed E-state index contributed by atoms with van der Waals surface area (Å²) in [7, 11) is 0. The first-order valence-corrected chi connectivity index (χ1v) is 7.10. The number of carbonyl (C=O) groups excluding carboxylic acids is 1. The van der Waals surface area contributed by atoms with Gasteiger partial charge in [-0.05, 0) is 24.8 Å². The molecule has 1 amide bonds. The van der Waals surface area contributed by atoms with Crippen LogP contribution in [0.15, 0.2) is 18.2 Å². The summed E-state index contributed by atoms with van der Waals surface area (Å²) < 4.78 is 0. The van der Waals surface area contributed by atoms with Gasteiger partial charge in [0.25, 0.3) is 11.6 Å². The number of halogens is 1. The first-order valence-electron chi connectivity index (χ1n) is 6.72. The molecule has 0 spiro atoms. The van der Waals surface area contributed by atoms with E-state index in [0.717, 1.165) is 19.3 Å². The first-order chi connectivity index (χ1) is 9.49. The van der Waals surface area contributed by atoms with Crippen LogP contribution in [0.2, 0.25) is 5.02 Å². The number of nitro groups is 1. The Kier molecular flexibility index (Phi) is 4.60. The zero-order valence-electron chi connectivity index (χ0n) is 11.3. The number of amides is 1. The summed E-state index contributed by atoms with van der Waals surface area (Å²) in [6.45, 7) is 2.17. The van der Waals surface area contributed by atoms with Crippen molar-refractivity contribution in [1.29, 1.82) is 0 Å². The molecule has 1 saturated carbocycles. The number of carbonyl (C=O) groups is 1. The summed E-state index contributed by atoms with van der Waals surface area (Å²) in [5, 5.41) is 13.6. The number of nitrogens with zero attached hydrogens (tertiary/aromatic N) is 1. The molecule has 1 fully saturated rings. The highest BCUT2D eigenvalue weighted by molar-refractivity contribution is 6.35. The van der Waals surface area contributed by atoms with Crippen LogP contribution in [0.3, 0.4) is 0 Å². The average Bonchev–Trinajstić information content (AvgIpc) is 2.38. The Labute approximate surface area is 122 Å². The van der Waals surface area contributed by atoms with Crippen molar-refractivity contribution < 1.29 is 9.72 Å². The molecule has 5 nitrogen and oxygen atoms in total. The van der Waals surface area contributed by atoms with Gasteiger partial charge in [-0.3, -0.25) is 14.9 Å². The third-order valence-electron chi connectivity index (χ3n) is 3.69. The lowest BCUT2D eigenvalue weighted by Crippen LogP contribution is -2.38. The Bertz CT molecular complexity index is 533. The zero-order chi connectivity index (χ0) is 14.7. The van der Waals surface area contributed by atoms with Gasteiger partial charge < -0.3 is 5.32 Å². The molecule has 0 saturated heterocycles. The molecule has 1 aliphatic carbocycles. The third-order valence-corrected chi connectivity index (χ3v) is 4.09. The quantitative estimate of drug-likeness (QED) is 0.684. The minimum atomic E-state index is -0.582. The number of nitro benzene ring substituents is 1. The molecule has 1 aromatic carbocycles. The molecule has 0 heterocycles. The second kappa shape index (κ2) is 6.22. The molecule has 2 unspecified atom stereocenters. The molecule has 108 valence electrons. The fourth-order valence-corrected chi connectivity index (χ4v) is 2.95. The molecule has 6 heteroatoms. The molecule has 2 rings (SSSR count). The lowest BCUT2D eigenvalue weighted by molar-refractivity contribution is -0.384. The number of benzene rings is 1. The van der Waals surface area contributed by atoms with E-state index in [1.54, 1.807) is 0 Å². The van der Waals surface area contributed by atoms with Gasteiger partial charge in [-0.15, -0.1) is 0 Å². The van der Waals surface area contributed by atoms with Crippen LogP contribution in [0, 0.1) is 16.0 Å². The van der Waals surface area contributed by atoms with Crippen LogP contribution in [0.25, 0.3) is 0 Å². The van der Waals surface area contributed by atoms with Crippen molar-refractivity contribution in [2.75, 3.05) is 0 Å². The van der Waals surface area contributed by atoms with Gasteiger partial charge in [0, 0.05) is 12.1 Å². The van der Waals surface area contributed by atoms with Crippen LogP contribution in [0.5, 0.6) is 0 Å². The van der Waals surface area contributed by atoms with Crippen molar-refractivity contribution in [1.82, 2.24) is 5.32 Å². The fourth-order valence-electron chi connectivity index (χ4n) is 2.66. The van der Waals surface area contributed by atoms with Crippen molar-refractivity contribution in [2.24, 2.45) is 5.92 Å². The van der Waals surface area contributed by atoms with Crippen LogP contribution in [0.4, 0.5) is 5.69 Å².